The van der Waals surface area contributed by atoms with E-state index >= 15 is 0 Å². The Hall–Kier alpha value is -3.70. The normalized spacial score (nSPS) is 14.4. The molecule has 0 N–H and O–H groups in total. The van der Waals surface area contributed by atoms with Crippen LogP contribution in [0.2, 0.25) is 0 Å². The second kappa shape index (κ2) is 10.9. The number of anilines is 1. The van der Waals surface area contributed by atoms with Crippen LogP contribution in [-0.2, 0) is 14.8 Å². The van der Waals surface area contributed by atoms with E-state index in [4.69, 9.17) is 14.2 Å². The summed E-state index contributed by atoms with van der Waals surface area (Å²) in [6.07, 6.45) is 0. The van der Waals surface area contributed by atoms with Gasteiger partial charge in [-0.2, -0.15) is 4.31 Å². The van der Waals surface area contributed by atoms with Crippen LogP contribution in [0.5, 0.6) is 11.5 Å². The predicted molar refractivity (Wildman–Crippen MR) is 134 cm³/mol. The van der Waals surface area contributed by atoms with Gasteiger partial charge in [-0.25, -0.2) is 13.2 Å². The third-order valence-electron chi connectivity index (χ3n) is 5.90. The molecule has 0 unspecified atom stereocenters. The fraction of sp³-hybridized carbons (Fsp3) is 0.320. The van der Waals surface area contributed by atoms with Crippen molar-refractivity contribution in [1.29, 1.82) is 0 Å². The van der Waals surface area contributed by atoms with Gasteiger partial charge in [0, 0.05) is 31.7 Å². The Bertz CT molecular complexity index is 1310. The van der Waals surface area contributed by atoms with Gasteiger partial charge in [0.2, 0.25) is 10.0 Å². The molecule has 0 amide bonds. The number of carbonyl (C=O) groups is 1. The number of benzene rings is 2. The summed E-state index contributed by atoms with van der Waals surface area (Å²) < 4.78 is 43.2. The van der Waals surface area contributed by atoms with Crippen molar-refractivity contribution >= 4 is 21.8 Å². The highest BCUT2D eigenvalue weighted by atomic mass is 32.2. The molecular weight excluding hydrogens is 484 g/mol. The van der Waals surface area contributed by atoms with Crippen molar-refractivity contribution in [1.82, 2.24) is 14.5 Å². The zero-order valence-corrected chi connectivity index (χ0v) is 21.2. The maximum absolute atomic E-state index is 13.1. The van der Waals surface area contributed by atoms with Gasteiger partial charge < -0.3 is 19.1 Å². The Balaban J connectivity index is 1.40. The second-order valence-corrected chi connectivity index (χ2v) is 9.92. The summed E-state index contributed by atoms with van der Waals surface area (Å²) in [6.45, 7) is 3.54. The van der Waals surface area contributed by atoms with E-state index in [1.807, 2.05) is 35.2 Å². The summed E-state index contributed by atoms with van der Waals surface area (Å²) in [5, 5.41) is 8.70. The predicted octanol–water partition coefficient (Wildman–Crippen LogP) is 2.85. The zero-order valence-electron chi connectivity index (χ0n) is 20.4. The fourth-order valence-electron chi connectivity index (χ4n) is 3.93. The Morgan fingerprint density at radius 1 is 0.889 bits per heavy atom. The molecule has 2 aromatic carbocycles. The topological polar surface area (TPSA) is 111 Å². The van der Waals surface area contributed by atoms with E-state index in [9.17, 15) is 13.2 Å². The first kappa shape index (κ1) is 25.4. The highest BCUT2D eigenvalue weighted by molar-refractivity contribution is 7.89. The minimum atomic E-state index is -3.68. The maximum Gasteiger partial charge on any atom is 0.338 e. The first-order valence-corrected chi connectivity index (χ1v) is 12.9. The molecule has 190 valence electrons. The van der Waals surface area contributed by atoms with Crippen molar-refractivity contribution in [3.05, 3.63) is 60.2 Å². The van der Waals surface area contributed by atoms with Crippen LogP contribution in [0.4, 0.5) is 5.82 Å². The smallest absolute Gasteiger partial charge is 0.338 e. The van der Waals surface area contributed by atoms with Gasteiger partial charge in [0.25, 0.3) is 0 Å². The molecule has 36 heavy (non-hydrogen) atoms. The number of sulfonamides is 1. The van der Waals surface area contributed by atoms with Crippen molar-refractivity contribution in [2.24, 2.45) is 0 Å². The van der Waals surface area contributed by atoms with E-state index in [0.717, 1.165) is 5.56 Å². The molecule has 0 spiro atoms. The van der Waals surface area contributed by atoms with Crippen molar-refractivity contribution in [3.8, 4) is 22.8 Å². The summed E-state index contributed by atoms with van der Waals surface area (Å²) >= 11 is 0. The van der Waals surface area contributed by atoms with Gasteiger partial charge in [0.1, 0.15) is 0 Å². The maximum atomic E-state index is 13.1. The monoisotopic (exact) mass is 512 g/mol. The number of piperazine rings is 1. The van der Waals surface area contributed by atoms with Gasteiger partial charge in [0.15, 0.2) is 17.3 Å². The number of nitrogens with zero attached hydrogens (tertiary/aromatic N) is 4. The summed E-state index contributed by atoms with van der Waals surface area (Å²) in [4.78, 5) is 14.0. The number of ether oxygens (including phenoxy) is 3. The third-order valence-corrected chi connectivity index (χ3v) is 7.81. The Morgan fingerprint density at radius 3 is 2.17 bits per heavy atom. The Kier molecular flexibility index (Phi) is 7.70. The van der Waals surface area contributed by atoms with Gasteiger partial charge >= 0.3 is 5.97 Å². The molecule has 1 aliphatic heterocycles. The van der Waals surface area contributed by atoms with Crippen LogP contribution in [0.25, 0.3) is 11.3 Å². The van der Waals surface area contributed by atoms with E-state index in [-0.39, 0.29) is 11.5 Å². The molecule has 1 fully saturated rings. The summed E-state index contributed by atoms with van der Waals surface area (Å²) in [6, 6.07) is 15.1. The first-order chi connectivity index (χ1) is 17.4. The number of rotatable bonds is 8. The molecule has 1 saturated heterocycles. The number of methoxy groups -OCH3 is 2. The van der Waals surface area contributed by atoms with E-state index in [1.54, 1.807) is 21.1 Å². The van der Waals surface area contributed by atoms with Crippen molar-refractivity contribution in [2.45, 2.75) is 11.8 Å². The number of hydrogen-bond donors (Lipinski definition) is 0. The summed E-state index contributed by atoms with van der Waals surface area (Å²) in [5.41, 5.74) is 1.85. The fourth-order valence-corrected chi connectivity index (χ4v) is 5.35. The average Bonchev–Trinajstić information content (AvgIpc) is 2.93. The van der Waals surface area contributed by atoms with Gasteiger partial charge in [-0.05, 0) is 61.5 Å². The zero-order chi connectivity index (χ0) is 25.7. The molecule has 0 radical (unpaired) electrons. The van der Waals surface area contributed by atoms with Crippen LogP contribution in [0, 0.1) is 0 Å². The van der Waals surface area contributed by atoms with Gasteiger partial charge in [0.05, 0.1) is 37.0 Å². The van der Waals surface area contributed by atoms with E-state index in [0.29, 0.717) is 54.8 Å². The lowest BCUT2D eigenvalue weighted by Gasteiger charge is -2.34. The lowest BCUT2D eigenvalue weighted by atomic mass is 10.1. The molecule has 3 aromatic rings. The number of hydrogen-bond acceptors (Lipinski definition) is 9. The molecule has 1 aliphatic rings. The largest absolute Gasteiger partial charge is 0.493 e. The summed E-state index contributed by atoms with van der Waals surface area (Å²) in [5.74, 6) is 1.44. The highest BCUT2D eigenvalue weighted by Crippen LogP contribution is 2.31. The quantitative estimate of drug-likeness (QED) is 0.421. The number of aromatic nitrogens is 2. The summed E-state index contributed by atoms with van der Waals surface area (Å²) in [7, 11) is -0.521. The third kappa shape index (κ3) is 5.26. The molecule has 1 aromatic heterocycles. The molecule has 2 heterocycles. The van der Waals surface area contributed by atoms with E-state index < -0.39 is 16.0 Å². The van der Waals surface area contributed by atoms with E-state index in [1.165, 1.54) is 28.6 Å². The molecule has 0 saturated carbocycles. The lowest BCUT2D eigenvalue weighted by molar-refractivity contribution is 0.0526. The van der Waals surface area contributed by atoms with E-state index in [2.05, 4.69) is 10.2 Å². The minimum Gasteiger partial charge on any atom is -0.493 e. The minimum absolute atomic E-state index is 0.142. The molecule has 0 aliphatic carbocycles. The average molecular weight is 513 g/mol. The SMILES string of the molecule is CCOC(=O)c1ccc(S(=O)(=O)N2CCN(c3ccc(-c4ccc(OC)c(OC)c4)nn3)CC2)cc1. The first-order valence-electron chi connectivity index (χ1n) is 11.5. The number of esters is 1. The standard InChI is InChI=1S/C25H28N4O6S/c1-4-35-25(30)18-5-8-20(9-6-18)36(31,32)29-15-13-28(14-16-29)24-12-10-21(26-27-24)19-7-11-22(33-2)23(17-19)34-3/h5-12,17H,4,13-16H2,1-3H3. The van der Waals surface area contributed by atoms with Gasteiger partial charge in [-0.1, -0.05) is 0 Å². The second-order valence-electron chi connectivity index (χ2n) is 7.98. The Morgan fingerprint density at radius 2 is 1.58 bits per heavy atom. The van der Waals surface area contributed by atoms with Crippen LogP contribution in [0.3, 0.4) is 0 Å². The van der Waals surface area contributed by atoms with Crippen LogP contribution in [0.1, 0.15) is 17.3 Å². The molecule has 4 rings (SSSR count). The van der Waals surface area contributed by atoms with Gasteiger partial charge in [-0.15, -0.1) is 10.2 Å². The van der Waals surface area contributed by atoms with Crippen molar-refractivity contribution in [3.63, 3.8) is 0 Å². The van der Waals surface area contributed by atoms with Crippen molar-refractivity contribution < 1.29 is 27.4 Å². The molecule has 11 heteroatoms. The van der Waals surface area contributed by atoms with Crippen molar-refractivity contribution in [2.75, 3.05) is 51.9 Å². The molecule has 10 nitrogen and oxygen atoms in total. The van der Waals surface area contributed by atoms with Crippen LogP contribution < -0.4 is 14.4 Å². The number of carbonyl (C=O) groups excluding carboxylic acids is 1. The molecule has 0 bridgehead atoms. The van der Waals surface area contributed by atoms with Crippen LogP contribution >= 0.6 is 0 Å². The highest BCUT2D eigenvalue weighted by Gasteiger charge is 2.29. The lowest BCUT2D eigenvalue weighted by Crippen LogP contribution is -2.49. The Labute approximate surface area is 210 Å². The molecule has 0 atom stereocenters. The van der Waals surface area contributed by atoms with Crippen LogP contribution in [0.15, 0.2) is 59.5 Å². The molecular formula is C25H28N4O6S. The van der Waals surface area contributed by atoms with Crippen LogP contribution in [-0.4, -0.2) is 75.9 Å². The van der Waals surface area contributed by atoms with Gasteiger partial charge in [-0.3, -0.25) is 0 Å².